The maximum Gasteiger partial charge on any atom is 0.166 e. The summed E-state index contributed by atoms with van der Waals surface area (Å²) in [5, 5.41) is 12.1. The van der Waals surface area contributed by atoms with Crippen LogP contribution < -0.4 is 9.47 Å². The van der Waals surface area contributed by atoms with Crippen LogP contribution in [0.4, 0.5) is 0 Å². The molecule has 0 atom stereocenters. The van der Waals surface area contributed by atoms with Crippen LogP contribution >= 0.6 is 0 Å². The van der Waals surface area contributed by atoms with E-state index in [9.17, 15) is 0 Å². The van der Waals surface area contributed by atoms with Gasteiger partial charge in [-0.25, -0.2) is 9.97 Å². The zero-order valence-corrected chi connectivity index (χ0v) is 11.3. The Kier molecular flexibility index (Phi) is 4.49. The van der Waals surface area contributed by atoms with Gasteiger partial charge in [0.15, 0.2) is 5.82 Å². The maximum atomic E-state index is 8.90. The number of hydrogen-bond donors (Lipinski definition) is 1. The molecule has 0 radical (unpaired) electrons. The summed E-state index contributed by atoms with van der Waals surface area (Å²) in [6.45, 7) is 1.91. The first-order valence-corrected chi connectivity index (χ1v) is 6.00. The summed E-state index contributed by atoms with van der Waals surface area (Å²) in [6.07, 6.45) is 3.30. The summed E-state index contributed by atoms with van der Waals surface area (Å²) in [5.74, 6) is 1.77. The second-order valence-corrected chi connectivity index (χ2v) is 4.00. The van der Waals surface area contributed by atoms with Gasteiger partial charge >= 0.3 is 0 Å². The van der Waals surface area contributed by atoms with E-state index in [0.717, 1.165) is 0 Å². The monoisotopic (exact) mass is 273 g/mol. The number of nitrogens with zero attached hydrogens (tertiary/aromatic N) is 3. The van der Waals surface area contributed by atoms with Crippen molar-refractivity contribution in [1.82, 2.24) is 9.97 Å². The highest BCUT2D eigenvalue weighted by molar-refractivity contribution is 6.00. The van der Waals surface area contributed by atoms with Crippen LogP contribution in [0.2, 0.25) is 0 Å². The number of hydrogen-bond acceptors (Lipinski definition) is 6. The van der Waals surface area contributed by atoms with Crippen LogP contribution in [0, 0.1) is 0 Å². The lowest BCUT2D eigenvalue weighted by Gasteiger charge is -2.11. The number of methoxy groups -OCH3 is 1. The van der Waals surface area contributed by atoms with Gasteiger partial charge in [-0.15, -0.1) is 0 Å². The number of ether oxygens (including phenoxy) is 2. The van der Waals surface area contributed by atoms with E-state index in [2.05, 4.69) is 15.1 Å². The summed E-state index contributed by atoms with van der Waals surface area (Å²) < 4.78 is 10.9. The quantitative estimate of drug-likeness (QED) is 0.513. The zero-order chi connectivity index (χ0) is 14.4. The van der Waals surface area contributed by atoms with Crippen molar-refractivity contribution >= 4 is 5.71 Å². The first-order valence-electron chi connectivity index (χ1n) is 6.00. The molecule has 0 fully saturated rings. The van der Waals surface area contributed by atoms with Gasteiger partial charge < -0.3 is 14.7 Å². The second kappa shape index (κ2) is 6.51. The highest BCUT2D eigenvalue weighted by Crippen LogP contribution is 2.26. The van der Waals surface area contributed by atoms with Gasteiger partial charge in [0.05, 0.1) is 12.8 Å². The number of aromatic nitrogens is 2. The van der Waals surface area contributed by atoms with Gasteiger partial charge in [-0.3, -0.25) is 0 Å². The van der Waals surface area contributed by atoms with E-state index < -0.39 is 0 Å². The summed E-state index contributed by atoms with van der Waals surface area (Å²) >= 11 is 0. The third kappa shape index (κ3) is 3.23. The molecule has 20 heavy (non-hydrogen) atoms. The molecule has 1 heterocycles. The van der Waals surface area contributed by atoms with Crippen LogP contribution in [0.3, 0.4) is 0 Å². The van der Waals surface area contributed by atoms with Gasteiger partial charge in [0.2, 0.25) is 0 Å². The van der Waals surface area contributed by atoms with E-state index in [1.54, 1.807) is 50.7 Å². The topological polar surface area (TPSA) is 76.8 Å². The minimum Gasteiger partial charge on any atom is -0.497 e. The van der Waals surface area contributed by atoms with Crippen LogP contribution in [-0.2, 0) is 6.61 Å². The Hall–Kier alpha value is -2.63. The molecule has 6 nitrogen and oxygen atoms in total. The lowest BCUT2D eigenvalue weighted by molar-refractivity contribution is 0.291. The normalized spacial score (nSPS) is 11.2. The van der Waals surface area contributed by atoms with E-state index in [0.29, 0.717) is 28.6 Å². The van der Waals surface area contributed by atoms with Crippen molar-refractivity contribution in [3.63, 3.8) is 0 Å². The molecular formula is C14H15N3O3. The summed E-state index contributed by atoms with van der Waals surface area (Å²) in [6, 6.07) is 7.01. The van der Waals surface area contributed by atoms with Gasteiger partial charge in [0.1, 0.15) is 18.1 Å². The Bertz CT molecular complexity index is 600. The molecule has 104 valence electrons. The van der Waals surface area contributed by atoms with Crippen molar-refractivity contribution in [2.45, 2.75) is 13.5 Å². The molecule has 1 aromatic heterocycles. The summed E-state index contributed by atoms with van der Waals surface area (Å²) in [7, 11) is 1.58. The molecule has 1 N–H and O–H groups in total. The molecule has 0 saturated heterocycles. The molecule has 0 spiro atoms. The number of rotatable bonds is 5. The third-order valence-corrected chi connectivity index (χ3v) is 2.70. The lowest BCUT2D eigenvalue weighted by Crippen LogP contribution is -2.05. The molecule has 0 aliphatic rings. The Labute approximate surface area is 116 Å². The van der Waals surface area contributed by atoms with E-state index in [1.807, 2.05) is 0 Å². The van der Waals surface area contributed by atoms with Gasteiger partial charge in [-0.2, -0.15) is 0 Å². The molecule has 2 rings (SSSR count). The maximum absolute atomic E-state index is 8.90. The van der Waals surface area contributed by atoms with Crippen molar-refractivity contribution < 1.29 is 14.7 Å². The molecule has 6 heteroatoms. The van der Waals surface area contributed by atoms with Crippen LogP contribution in [0.25, 0.3) is 0 Å². The van der Waals surface area contributed by atoms with Gasteiger partial charge in [-0.1, -0.05) is 5.16 Å². The highest BCUT2D eigenvalue weighted by atomic mass is 16.5. The summed E-state index contributed by atoms with van der Waals surface area (Å²) in [4.78, 5) is 8.17. The minimum absolute atomic E-state index is 0.222. The number of benzene rings is 1. The molecule has 0 aliphatic carbocycles. The third-order valence-electron chi connectivity index (χ3n) is 2.70. The van der Waals surface area contributed by atoms with Gasteiger partial charge in [-0.05, 0) is 25.1 Å². The van der Waals surface area contributed by atoms with Crippen LogP contribution in [0.1, 0.15) is 18.3 Å². The van der Waals surface area contributed by atoms with Crippen molar-refractivity contribution in [2.24, 2.45) is 5.16 Å². The standard InChI is InChI=1S/C14H15N3O3/c1-10(17-18)12-5-4-11(19-2)8-13(12)20-9-14-15-6-3-7-16-14/h3-8,18H,9H2,1-2H3/b17-10+. The first-order chi connectivity index (χ1) is 9.74. The fourth-order valence-electron chi connectivity index (χ4n) is 1.65. The van der Waals surface area contributed by atoms with E-state index in [-0.39, 0.29) is 6.61 Å². The SMILES string of the molecule is COc1ccc(/C(C)=N/O)c(OCc2ncccn2)c1. The van der Waals surface area contributed by atoms with Crippen LogP contribution in [0.5, 0.6) is 11.5 Å². The van der Waals surface area contributed by atoms with Crippen molar-refractivity contribution in [3.8, 4) is 11.5 Å². The zero-order valence-electron chi connectivity index (χ0n) is 11.3. The van der Waals surface area contributed by atoms with Crippen LogP contribution in [0.15, 0.2) is 41.8 Å². The van der Waals surface area contributed by atoms with Gasteiger partial charge in [0, 0.05) is 24.0 Å². The Morgan fingerprint density at radius 1 is 1.30 bits per heavy atom. The van der Waals surface area contributed by atoms with Crippen LogP contribution in [-0.4, -0.2) is 28.0 Å². The second-order valence-electron chi connectivity index (χ2n) is 4.00. The lowest BCUT2D eigenvalue weighted by atomic mass is 10.1. The van der Waals surface area contributed by atoms with E-state index in [4.69, 9.17) is 14.7 Å². The Balaban J connectivity index is 2.24. The van der Waals surface area contributed by atoms with E-state index in [1.165, 1.54) is 0 Å². The number of oxime groups is 1. The molecule has 0 unspecified atom stereocenters. The molecule has 0 amide bonds. The van der Waals surface area contributed by atoms with Gasteiger partial charge in [0.25, 0.3) is 0 Å². The first kappa shape index (κ1) is 13.8. The molecule has 0 saturated carbocycles. The molecular weight excluding hydrogens is 258 g/mol. The average Bonchev–Trinajstić information content (AvgIpc) is 2.52. The Morgan fingerprint density at radius 3 is 2.70 bits per heavy atom. The molecule has 2 aromatic rings. The Morgan fingerprint density at radius 2 is 2.05 bits per heavy atom. The largest absolute Gasteiger partial charge is 0.497 e. The molecule has 1 aromatic carbocycles. The van der Waals surface area contributed by atoms with Crippen molar-refractivity contribution in [3.05, 3.63) is 48.0 Å². The highest BCUT2D eigenvalue weighted by Gasteiger charge is 2.10. The van der Waals surface area contributed by atoms with Crippen molar-refractivity contribution in [1.29, 1.82) is 0 Å². The predicted molar refractivity (Wildman–Crippen MR) is 73.4 cm³/mol. The summed E-state index contributed by atoms with van der Waals surface area (Å²) in [5.41, 5.74) is 1.14. The average molecular weight is 273 g/mol. The van der Waals surface area contributed by atoms with Crippen molar-refractivity contribution in [2.75, 3.05) is 7.11 Å². The smallest absolute Gasteiger partial charge is 0.166 e. The fourth-order valence-corrected chi connectivity index (χ4v) is 1.65. The molecule has 0 aliphatic heterocycles. The fraction of sp³-hybridized carbons (Fsp3) is 0.214. The minimum atomic E-state index is 0.222. The van der Waals surface area contributed by atoms with E-state index >= 15 is 0 Å². The predicted octanol–water partition coefficient (Wildman–Crippen LogP) is 2.26. The molecule has 0 bridgehead atoms.